The molecule has 1 heterocycles. The normalized spacial score (nSPS) is 16.1. The van der Waals surface area contributed by atoms with Crippen LogP contribution in [0.5, 0.6) is 0 Å². The summed E-state index contributed by atoms with van der Waals surface area (Å²) in [4.78, 5) is 37.0. The molecule has 0 radical (unpaired) electrons. The smallest absolute Gasteiger partial charge is 0.325 e. The summed E-state index contributed by atoms with van der Waals surface area (Å²) in [6.45, 7) is 2.27. The van der Waals surface area contributed by atoms with Gasteiger partial charge in [-0.15, -0.1) is 0 Å². The maximum atomic E-state index is 12.4. The number of anilines is 1. The fraction of sp³-hybridized carbons (Fsp3) is 0.421. The van der Waals surface area contributed by atoms with Crippen LogP contribution in [0.3, 0.4) is 0 Å². The lowest BCUT2D eigenvalue weighted by molar-refractivity contribution is -0.142. The Morgan fingerprint density at radius 2 is 1.86 bits per heavy atom. The van der Waals surface area contributed by atoms with E-state index in [1.807, 2.05) is 0 Å². The SMILES string of the molecule is CNc1ccc(/C=C/C(=O)N2CCC(C(=O)N[C@@H](C)C(=O)O)CC2)c(Cl)c1Cl. The van der Waals surface area contributed by atoms with Crippen molar-refractivity contribution in [3.05, 3.63) is 33.8 Å². The van der Waals surface area contributed by atoms with Gasteiger partial charge in [0.25, 0.3) is 0 Å². The zero-order chi connectivity index (χ0) is 20.8. The lowest BCUT2D eigenvalue weighted by Gasteiger charge is -2.31. The molecule has 3 N–H and O–H groups in total. The van der Waals surface area contributed by atoms with Crippen LogP contribution in [0, 0.1) is 5.92 Å². The Bertz CT molecular complexity index is 790. The Morgan fingerprint density at radius 3 is 2.43 bits per heavy atom. The predicted octanol–water partition coefficient (Wildman–Crippen LogP) is 2.88. The Balaban J connectivity index is 1.92. The number of carboxylic acids is 1. The van der Waals surface area contributed by atoms with Gasteiger partial charge in [0.2, 0.25) is 11.8 Å². The van der Waals surface area contributed by atoms with E-state index in [1.54, 1.807) is 30.2 Å². The lowest BCUT2D eigenvalue weighted by Crippen LogP contribution is -2.46. The molecule has 0 aliphatic carbocycles. The van der Waals surface area contributed by atoms with Crippen molar-refractivity contribution in [1.29, 1.82) is 0 Å². The third-order valence-corrected chi connectivity index (χ3v) is 5.59. The number of hydrogen-bond donors (Lipinski definition) is 3. The van der Waals surface area contributed by atoms with Gasteiger partial charge in [0.1, 0.15) is 6.04 Å². The first-order chi connectivity index (χ1) is 13.2. The first kappa shape index (κ1) is 22.0. The fourth-order valence-electron chi connectivity index (χ4n) is 2.91. The molecular weight excluding hydrogens is 405 g/mol. The molecule has 152 valence electrons. The van der Waals surface area contributed by atoms with Gasteiger partial charge in [-0.1, -0.05) is 29.3 Å². The molecule has 9 heteroatoms. The van der Waals surface area contributed by atoms with Crippen LogP contribution < -0.4 is 10.6 Å². The van der Waals surface area contributed by atoms with Crippen LogP contribution in [-0.2, 0) is 14.4 Å². The highest BCUT2D eigenvalue weighted by Crippen LogP contribution is 2.33. The zero-order valence-corrected chi connectivity index (χ0v) is 17.2. The minimum Gasteiger partial charge on any atom is -0.480 e. The summed E-state index contributed by atoms with van der Waals surface area (Å²) in [7, 11) is 1.74. The van der Waals surface area contributed by atoms with Crippen LogP contribution in [0.25, 0.3) is 6.08 Å². The summed E-state index contributed by atoms with van der Waals surface area (Å²) < 4.78 is 0. The molecule has 0 saturated carbocycles. The number of carboxylic acid groups (broad SMARTS) is 1. The largest absolute Gasteiger partial charge is 0.480 e. The van der Waals surface area contributed by atoms with E-state index in [1.165, 1.54) is 13.0 Å². The van der Waals surface area contributed by atoms with E-state index in [2.05, 4.69) is 10.6 Å². The fourth-order valence-corrected chi connectivity index (χ4v) is 3.40. The topological polar surface area (TPSA) is 98.7 Å². The third kappa shape index (κ3) is 5.39. The second kappa shape index (κ2) is 9.80. The van der Waals surface area contributed by atoms with E-state index in [0.29, 0.717) is 47.2 Å². The number of nitrogens with one attached hydrogen (secondary N) is 2. The van der Waals surface area contributed by atoms with Crippen molar-refractivity contribution in [3.8, 4) is 0 Å². The number of halogens is 2. The van der Waals surface area contributed by atoms with Gasteiger partial charge in [-0.3, -0.25) is 14.4 Å². The van der Waals surface area contributed by atoms with Crippen LogP contribution in [0.1, 0.15) is 25.3 Å². The van der Waals surface area contributed by atoms with Gasteiger partial charge in [0, 0.05) is 32.1 Å². The van der Waals surface area contributed by atoms with E-state index in [0.717, 1.165) is 0 Å². The highest BCUT2D eigenvalue weighted by Gasteiger charge is 2.28. The molecular formula is C19H23Cl2N3O4. The lowest BCUT2D eigenvalue weighted by atomic mass is 9.95. The van der Waals surface area contributed by atoms with Crippen molar-refractivity contribution in [2.24, 2.45) is 5.92 Å². The quantitative estimate of drug-likeness (QED) is 0.606. The van der Waals surface area contributed by atoms with Gasteiger partial charge in [-0.05, 0) is 37.5 Å². The molecule has 1 atom stereocenters. The summed E-state index contributed by atoms with van der Waals surface area (Å²) in [5.41, 5.74) is 1.34. The van der Waals surface area contributed by atoms with Gasteiger partial charge in [0.05, 0.1) is 15.7 Å². The summed E-state index contributed by atoms with van der Waals surface area (Å²) in [5, 5.41) is 15.0. The molecule has 7 nitrogen and oxygen atoms in total. The summed E-state index contributed by atoms with van der Waals surface area (Å²) in [6, 6.07) is 2.62. The molecule has 1 aromatic rings. The molecule has 0 bridgehead atoms. The molecule has 1 saturated heterocycles. The standard InChI is InChI=1S/C19H23Cl2N3O4/c1-11(19(27)28)23-18(26)13-7-9-24(10-8-13)15(25)6-4-12-3-5-14(22-2)17(21)16(12)20/h3-6,11,13,22H,7-10H2,1-2H3,(H,23,26)(H,27,28)/b6-4+/t11-/m0/s1. The van der Waals surface area contributed by atoms with Crippen molar-refractivity contribution >= 4 is 52.7 Å². The molecule has 2 amide bonds. The van der Waals surface area contributed by atoms with Crippen LogP contribution >= 0.6 is 23.2 Å². The highest BCUT2D eigenvalue weighted by molar-refractivity contribution is 6.44. The minimum absolute atomic E-state index is 0.178. The molecule has 1 aliphatic rings. The molecule has 1 aromatic carbocycles. The monoisotopic (exact) mass is 427 g/mol. The van der Waals surface area contributed by atoms with Gasteiger partial charge in [-0.25, -0.2) is 0 Å². The number of benzene rings is 1. The number of hydrogen-bond acceptors (Lipinski definition) is 4. The minimum atomic E-state index is -1.08. The van der Waals surface area contributed by atoms with Crippen molar-refractivity contribution < 1.29 is 19.5 Å². The second-order valence-corrected chi connectivity index (χ2v) is 7.34. The number of amides is 2. The number of nitrogens with zero attached hydrogens (tertiary/aromatic N) is 1. The van der Waals surface area contributed by atoms with E-state index in [9.17, 15) is 14.4 Å². The molecule has 1 aliphatic heterocycles. The first-order valence-corrected chi connectivity index (χ1v) is 9.66. The number of likely N-dealkylation sites (tertiary alicyclic amines) is 1. The van der Waals surface area contributed by atoms with Crippen LogP contribution in [0.15, 0.2) is 18.2 Å². The Kier molecular flexibility index (Phi) is 7.71. The molecule has 28 heavy (non-hydrogen) atoms. The zero-order valence-electron chi connectivity index (χ0n) is 15.7. The Labute approximate surface area is 173 Å². The van der Waals surface area contributed by atoms with Crippen molar-refractivity contribution in [3.63, 3.8) is 0 Å². The number of aliphatic carboxylic acids is 1. The molecule has 0 spiro atoms. The summed E-state index contributed by atoms with van der Waals surface area (Å²) in [6.07, 6.45) is 4.02. The Hall–Kier alpha value is -2.25. The van der Waals surface area contributed by atoms with Gasteiger partial charge in [0.15, 0.2) is 0 Å². The van der Waals surface area contributed by atoms with Gasteiger partial charge in [-0.2, -0.15) is 0 Å². The molecule has 0 aromatic heterocycles. The Morgan fingerprint density at radius 1 is 1.21 bits per heavy atom. The van der Waals surface area contributed by atoms with Crippen LogP contribution in [-0.4, -0.2) is 54.0 Å². The average molecular weight is 428 g/mol. The molecule has 2 rings (SSSR count). The van der Waals surface area contributed by atoms with E-state index >= 15 is 0 Å². The molecule has 0 unspecified atom stereocenters. The second-order valence-electron chi connectivity index (χ2n) is 6.58. The number of piperidine rings is 1. The maximum Gasteiger partial charge on any atom is 0.325 e. The van der Waals surface area contributed by atoms with Gasteiger partial charge >= 0.3 is 5.97 Å². The third-order valence-electron chi connectivity index (χ3n) is 4.69. The summed E-state index contributed by atoms with van der Waals surface area (Å²) in [5.74, 6) is -1.84. The predicted molar refractivity (Wildman–Crippen MR) is 110 cm³/mol. The van der Waals surface area contributed by atoms with Crippen molar-refractivity contribution in [2.45, 2.75) is 25.8 Å². The van der Waals surface area contributed by atoms with Crippen molar-refractivity contribution in [1.82, 2.24) is 10.2 Å². The van der Waals surface area contributed by atoms with Gasteiger partial charge < -0.3 is 20.6 Å². The van der Waals surface area contributed by atoms with Crippen LogP contribution in [0.2, 0.25) is 10.0 Å². The van der Waals surface area contributed by atoms with E-state index in [4.69, 9.17) is 28.3 Å². The first-order valence-electron chi connectivity index (χ1n) is 8.90. The average Bonchev–Trinajstić information content (AvgIpc) is 2.68. The number of rotatable bonds is 6. The molecule has 1 fully saturated rings. The van der Waals surface area contributed by atoms with Crippen molar-refractivity contribution in [2.75, 3.05) is 25.5 Å². The highest BCUT2D eigenvalue weighted by atomic mass is 35.5. The number of carbonyl (C=O) groups excluding carboxylic acids is 2. The summed E-state index contributed by atoms with van der Waals surface area (Å²) >= 11 is 12.4. The number of carbonyl (C=O) groups is 3. The van der Waals surface area contributed by atoms with E-state index < -0.39 is 12.0 Å². The maximum absolute atomic E-state index is 12.4. The van der Waals surface area contributed by atoms with E-state index in [-0.39, 0.29) is 17.7 Å². The van der Waals surface area contributed by atoms with Crippen LogP contribution in [0.4, 0.5) is 5.69 Å².